The smallest absolute Gasteiger partial charge is 0.257 e. The van der Waals surface area contributed by atoms with Gasteiger partial charge in [0.25, 0.3) is 5.91 Å². The van der Waals surface area contributed by atoms with E-state index in [9.17, 15) is 31.2 Å². The van der Waals surface area contributed by atoms with Crippen LogP contribution in [0.25, 0.3) is 0 Å². The number of H-pyrrole nitrogens is 1. The van der Waals surface area contributed by atoms with Crippen LogP contribution in [-0.4, -0.2) is 34.7 Å². The maximum absolute atomic E-state index is 13.7. The number of amides is 2. The Labute approximate surface area is 191 Å². The number of nitrogens with one attached hydrogen (secondary N) is 2. The van der Waals surface area contributed by atoms with Gasteiger partial charge in [0.2, 0.25) is 15.9 Å². The van der Waals surface area contributed by atoms with Gasteiger partial charge in [0.15, 0.2) is 5.82 Å². The fourth-order valence-corrected chi connectivity index (χ4v) is 5.65. The molecule has 1 aromatic heterocycles. The summed E-state index contributed by atoms with van der Waals surface area (Å²) in [5.41, 5.74) is 4.11. The lowest BCUT2D eigenvalue weighted by atomic mass is 10.0. The van der Waals surface area contributed by atoms with Crippen molar-refractivity contribution in [3.63, 3.8) is 0 Å². The normalized spacial score (nSPS) is 15.2. The van der Waals surface area contributed by atoms with Crippen molar-refractivity contribution >= 4 is 27.7 Å². The number of carbonyl (C=O) groups excluding carboxylic acids is 2. The van der Waals surface area contributed by atoms with Crippen LogP contribution in [0, 0.1) is 17.5 Å². The largest absolute Gasteiger partial charge is 0.366 e. The molecular formula is C21H18F3N5O4S. The predicted octanol–water partition coefficient (Wildman–Crippen LogP) is 2.62. The lowest BCUT2D eigenvalue weighted by Gasteiger charge is -2.30. The van der Waals surface area contributed by atoms with Crippen molar-refractivity contribution < 1.29 is 31.2 Å². The second kappa shape index (κ2) is 7.95. The molecule has 1 aliphatic heterocycles. The van der Waals surface area contributed by atoms with Crippen molar-refractivity contribution in [1.82, 2.24) is 14.5 Å². The standard InChI is InChI=1S/C21H18F3N5O4S/c1-21(2)17-16(9-29(21)34(32,33)13-6-11(23)5-12(24)7-13)19(28-27-17)26-20(31)14-4-3-10(22)8-15(14)18(25)30/h3-8H,9H2,1-2H3,(H2,25,30)(H2,26,27,28,31). The zero-order chi connectivity index (χ0) is 25.0. The number of carbonyl (C=O) groups is 2. The summed E-state index contributed by atoms with van der Waals surface area (Å²) >= 11 is 0. The molecule has 0 radical (unpaired) electrons. The van der Waals surface area contributed by atoms with Crippen LogP contribution in [0.2, 0.25) is 0 Å². The van der Waals surface area contributed by atoms with Crippen LogP contribution in [0.3, 0.4) is 0 Å². The average molecular weight is 493 g/mol. The van der Waals surface area contributed by atoms with Crippen LogP contribution < -0.4 is 11.1 Å². The molecule has 0 saturated carbocycles. The Hall–Kier alpha value is -3.71. The molecular weight excluding hydrogens is 475 g/mol. The summed E-state index contributed by atoms with van der Waals surface area (Å²) in [5, 5.41) is 9.17. The molecule has 0 spiro atoms. The third-order valence-electron chi connectivity index (χ3n) is 5.55. The molecule has 9 nitrogen and oxygen atoms in total. The van der Waals surface area contributed by atoms with Crippen molar-refractivity contribution in [2.24, 2.45) is 5.73 Å². The summed E-state index contributed by atoms with van der Waals surface area (Å²) in [6, 6.07) is 4.86. The van der Waals surface area contributed by atoms with Gasteiger partial charge in [0.1, 0.15) is 17.5 Å². The van der Waals surface area contributed by atoms with Crippen molar-refractivity contribution in [3.8, 4) is 0 Å². The van der Waals surface area contributed by atoms with Crippen molar-refractivity contribution in [2.75, 3.05) is 5.32 Å². The summed E-state index contributed by atoms with van der Waals surface area (Å²) in [5.74, 6) is -4.73. The fraction of sp³-hybridized carbons (Fsp3) is 0.190. The third kappa shape index (κ3) is 3.82. The van der Waals surface area contributed by atoms with Crippen LogP contribution in [0.1, 0.15) is 45.8 Å². The molecule has 0 saturated heterocycles. The second-order valence-corrected chi connectivity index (χ2v) is 9.97. The van der Waals surface area contributed by atoms with Gasteiger partial charge in [-0.05, 0) is 44.2 Å². The number of fused-ring (bicyclic) bond motifs is 1. The summed E-state index contributed by atoms with van der Waals surface area (Å²) in [4.78, 5) is 23.8. The highest BCUT2D eigenvalue weighted by Crippen LogP contribution is 2.43. The average Bonchev–Trinajstić information content (AvgIpc) is 3.25. The molecule has 34 heavy (non-hydrogen) atoms. The van der Waals surface area contributed by atoms with Gasteiger partial charge in [-0.1, -0.05) is 0 Å². The number of nitrogens with two attached hydrogens (primary N) is 1. The maximum Gasteiger partial charge on any atom is 0.257 e. The monoisotopic (exact) mass is 493 g/mol. The topological polar surface area (TPSA) is 138 Å². The fourth-order valence-electron chi connectivity index (χ4n) is 3.88. The van der Waals surface area contributed by atoms with Gasteiger partial charge in [0, 0.05) is 18.2 Å². The van der Waals surface area contributed by atoms with E-state index in [-0.39, 0.29) is 23.5 Å². The van der Waals surface area contributed by atoms with Crippen LogP contribution >= 0.6 is 0 Å². The lowest BCUT2D eigenvalue weighted by Crippen LogP contribution is -2.40. The number of hydrogen-bond donors (Lipinski definition) is 3. The first-order chi connectivity index (χ1) is 15.8. The minimum absolute atomic E-state index is 0.0315. The first kappa shape index (κ1) is 23.4. The second-order valence-electron chi connectivity index (χ2n) is 8.11. The highest BCUT2D eigenvalue weighted by molar-refractivity contribution is 7.89. The minimum Gasteiger partial charge on any atom is -0.366 e. The SMILES string of the molecule is CC1(C)c2[nH]nc(NC(=O)c3ccc(F)cc3C(N)=O)c2CN1S(=O)(=O)c1cc(F)cc(F)c1. The van der Waals surface area contributed by atoms with E-state index in [1.165, 1.54) is 0 Å². The van der Waals surface area contributed by atoms with E-state index in [1.807, 2.05) is 0 Å². The molecule has 178 valence electrons. The molecule has 0 unspecified atom stereocenters. The Balaban J connectivity index is 1.68. The first-order valence-electron chi connectivity index (χ1n) is 9.79. The zero-order valence-electron chi connectivity index (χ0n) is 17.8. The summed E-state index contributed by atoms with van der Waals surface area (Å²) in [6.07, 6.45) is 0. The molecule has 0 bridgehead atoms. The number of benzene rings is 2. The quantitative estimate of drug-likeness (QED) is 0.502. The number of sulfonamides is 1. The number of rotatable bonds is 5. The number of nitrogens with zero attached hydrogens (tertiary/aromatic N) is 2. The van der Waals surface area contributed by atoms with Crippen LogP contribution in [0.15, 0.2) is 41.3 Å². The zero-order valence-corrected chi connectivity index (χ0v) is 18.6. The highest BCUT2D eigenvalue weighted by Gasteiger charge is 2.48. The third-order valence-corrected chi connectivity index (χ3v) is 7.55. The molecule has 0 aliphatic carbocycles. The Kier molecular flexibility index (Phi) is 5.49. The van der Waals surface area contributed by atoms with Crippen LogP contribution in [0.5, 0.6) is 0 Å². The van der Waals surface area contributed by atoms with E-state index < -0.39 is 49.7 Å². The number of aromatic amines is 1. The van der Waals surface area contributed by atoms with Crippen molar-refractivity contribution in [3.05, 3.63) is 76.2 Å². The minimum atomic E-state index is -4.36. The molecule has 4 rings (SSSR count). The van der Waals surface area contributed by atoms with Gasteiger partial charge in [-0.15, -0.1) is 0 Å². The first-order valence-corrected chi connectivity index (χ1v) is 11.2. The van der Waals surface area contributed by atoms with Gasteiger partial charge >= 0.3 is 0 Å². The number of hydrogen-bond acceptors (Lipinski definition) is 5. The van der Waals surface area contributed by atoms with E-state index in [1.54, 1.807) is 13.8 Å². The van der Waals surface area contributed by atoms with Crippen molar-refractivity contribution in [1.29, 1.82) is 0 Å². The molecule has 1 aliphatic rings. The summed E-state index contributed by atoms with van der Waals surface area (Å²) in [7, 11) is -4.36. The molecule has 3 aromatic rings. The molecule has 0 atom stereocenters. The van der Waals surface area contributed by atoms with E-state index >= 15 is 0 Å². The molecule has 0 fully saturated rings. The maximum atomic E-state index is 13.7. The van der Waals surface area contributed by atoms with E-state index in [0.717, 1.165) is 22.5 Å². The van der Waals surface area contributed by atoms with Crippen LogP contribution in [0.4, 0.5) is 19.0 Å². The van der Waals surface area contributed by atoms with Crippen LogP contribution in [-0.2, 0) is 22.1 Å². The van der Waals surface area contributed by atoms with E-state index in [4.69, 9.17) is 5.73 Å². The molecule has 13 heteroatoms. The van der Waals surface area contributed by atoms with Gasteiger partial charge < -0.3 is 11.1 Å². The Bertz CT molecular complexity index is 1430. The number of primary amides is 1. The number of anilines is 1. The Morgan fingerprint density at radius 1 is 1.06 bits per heavy atom. The van der Waals surface area contributed by atoms with Gasteiger partial charge in [-0.3, -0.25) is 14.7 Å². The molecule has 2 aromatic carbocycles. The molecule has 4 N–H and O–H groups in total. The molecule has 2 amide bonds. The predicted molar refractivity (Wildman–Crippen MR) is 114 cm³/mol. The lowest BCUT2D eigenvalue weighted by molar-refractivity contribution is 0.0976. The number of aromatic nitrogens is 2. The van der Waals surface area contributed by atoms with Gasteiger partial charge in [-0.2, -0.15) is 9.40 Å². The van der Waals surface area contributed by atoms with Gasteiger partial charge in [-0.25, -0.2) is 21.6 Å². The molecule has 2 heterocycles. The Morgan fingerprint density at radius 2 is 1.71 bits per heavy atom. The summed E-state index contributed by atoms with van der Waals surface area (Å²) < 4.78 is 68.3. The van der Waals surface area contributed by atoms with E-state index in [0.29, 0.717) is 29.5 Å². The Morgan fingerprint density at radius 3 is 2.32 bits per heavy atom. The summed E-state index contributed by atoms with van der Waals surface area (Å²) in [6.45, 7) is 2.84. The number of halogens is 3. The van der Waals surface area contributed by atoms with Crippen molar-refractivity contribution in [2.45, 2.75) is 30.8 Å². The van der Waals surface area contributed by atoms with E-state index in [2.05, 4.69) is 15.5 Å². The highest BCUT2D eigenvalue weighted by atomic mass is 32.2. The van der Waals surface area contributed by atoms with Gasteiger partial charge in [0.05, 0.1) is 27.3 Å².